The summed E-state index contributed by atoms with van der Waals surface area (Å²) < 4.78 is 0. The van der Waals surface area contributed by atoms with E-state index < -0.39 is 0 Å². The molecule has 2 rings (SSSR count). The monoisotopic (exact) mass is 271 g/mol. The highest BCUT2D eigenvalue weighted by molar-refractivity contribution is 5.79. The van der Waals surface area contributed by atoms with Crippen molar-refractivity contribution in [3.8, 4) is 35.7 Å². The summed E-state index contributed by atoms with van der Waals surface area (Å²) in [6.07, 6.45) is 1.43. The minimum Gasteiger partial charge on any atom is -0.396 e. The fourth-order valence-electron chi connectivity index (χ4n) is 1.77. The van der Waals surface area contributed by atoms with Crippen LogP contribution in [0.3, 0.4) is 0 Å². The molecule has 2 aromatic rings. The highest BCUT2D eigenvalue weighted by Crippen LogP contribution is 2.29. The molecule has 7 nitrogen and oxygen atoms in total. The summed E-state index contributed by atoms with van der Waals surface area (Å²) in [6, 6.07) is 10.3. The summed E-state index contributed by atoms with van der Waals surface area (Å²) in [5.41, 5.74) is 5.52. The van der Waals surface area contributed by atoms with E-state index in [-0.39, 0.29) is 39.5 Å². The second-order valence-electron chi connectivity index (χ2n) is 3.82. The number of hydrogen-bond donors (Lipinski definition) is 1. The van der Waals surface area contributed by atoms with Crippen LogP contribution in [0.15, 0.2) is 18.3 Å². The van der Waals surface area contributed by atoms with Gasteiger partial charge in [-0.2, -0.15) is 21.0 Å². The van der Waals surface area contributed by atoms with E-state index in [4.69, 9.17) is 21.5 Å². The van der Waals surface area contributed by atoms with Gasteiger partial charge in [-0.1, -0.05) is 0 Å². The normalized spacial score (nSPS) is 8.95. The van der Waals surface area contributed by atoms with Crippen molar-refractivity contribution in [1.29, 1.82) is 21.0 Å². The molecule has 7 heteroatoms. The molecule has 0 aliphatic heterocycles. The van der Waals surface area contributed by atoms with Crippen LogP contribution in [-0.2, 0) is 0 Å². The fourth-order valence-corrected chi connectivity index (χ4v) is 1.77. The molecule has 0 radical (unpaired) electrons. The van der Waals surface area contributed by atoms with Gasteiger partial charge in [-0.05, 0) is 12.1 Å². The zero-order valence-corrected chi connectivity index (χ0v) is 10.5. The summed E-state index contributed by atoms with van der Waals surface area (Å²) in [4.78, 5) is 7.99. The highest BCUT2D eigenvalue weighted by Gasteiger charge is 2.21. The first-order valence-corrected chi connectivity index (χ1v) is 5.57. The molecular formula is C14H5N7. The zero-order chi connectivity index (χ0) is 15.4. The van der Waals surface area contributed by atoms with E-state index in [1.54, 1.807) is 18.2 Å². The lowest BCUT2D eigenvalue weighted by Crippen LogP contribution is -2.05. The molecule has 0 aromatic carbocycles. The number of nitriles is 4. The zero-order valence-electron chi connectivity index (χ0n) is 10.5. The number of pyridine rings is 2. The third kappa shape index (κ3) is 2.08. The summed E-state index contributed by atoms with van der Waals surface area (Å²) in [7, 11) is 0. The van der Waals surface area contributed by atoms with Crippen LogP contribution >= 0.6 is 0 Å². The van der Waals surface area contributed by atoms with Crippen LogP contribution in [0.1, 0.15) is 22.4 Å². The van der Waals surface area contributed by atoms with Gasteiger partial charge in [-0.15, -0.1) is 0 Å². The summed E-state index contributed by atoms with van der Waals surface area (Å²) in [5.74, 6) is 0. The molecule has 0 amide bonds. The van der Waals surface area contributed by atoms with Gasteiger partial charge in [0.2, 0.25) is 0 Å². The Hall–Kier alpha value is -3.94. The van der Waals surface area contributed by atoms with Crippen LogP contribution in [0.2, 0.25) is 0 Å². The fraction of sp³-hybridized carbons (Fsp3) is 0. The molecule has 21 heavy (non-hydrogen) atoms. The first-order valence-electron chi connectivity index (χ1n) is 5.57. The largest absolute Gasteiger partial charge is 0.396 e. The molecule has 2 heterocycles. The number of nitrogens with two attached hydrogens (primary N) is 1. The lowest BCUT2D eigenvalue weighted by atomic mass is 10.0. The van der Waals surface area contributed by atoms with E-state index in [1.165, 1.54) is 12.3 Å². The third-order valence-electron chi connectivity index (χ3n) is 2.72. The predicted molar refractivity (Wildman–Crippen MR) is 70.7 cm³/mol. The van der Waals surface area contributed by atoms with Gasteiger partial charge in [-0.3, -0.25) is 4.98 Å². The van der Waals surface area contributed by atoms with Crippen LogP contribution in [0.25, 0.3) is 11.4 Å². The average Bonchev–Trinajstić information content (AvgIpc) is 2.53. The highest BCUT2D eigenvalue weighted by atomic mass is 14.8. The van der Waals surface area contributed by atoms with Gasteiger partial charge in [-0.25, -0.2) is 4.98 Å². The number of hydrogen-bond acceptors (Lipinski definition) is 7. The molecule has 96 valence electrons. The van der Waals surface area contributed by atoms with Crippen LogP contribution in [0.4, 0.5) is 5.69 Å². The first kappa shape index (κ1) is 13.5. The van der Waals surface area contributed by atoms with Crippen molar-refractivity contribution in [2.24, 2.45) is 0 Å². The quantitative estimate of drug-likeness (QED) is 0.819. The van der Waals surface area contributed by atoms with E-state index in [2.05, 4.69) is 9.97 Å². The minimum atomic E-state index is -0.210. The van der Waals surface area contributed by atoms with Crippen molar-refractivity contribution >= 4 is 5.69 Å². The molecule has 0 aliphatic rings. The topological polar surface area (TPSA) is 147 Å². The van der Waals surface area contributed by atoms with Gasteiger partial charge in [0.15, 0.2) is 5.69 Å². The molecule has 0 saturated carbocycles. The van der Waals surface area contributed by atoms with Crippen molar-refractivity contribution in [2.45, 2.75) is 0 Å². The molecule has 0 fully saturated rings. The van der Waals surface area contributed by atoms with Crippen LogP contribution in [0.5, 0.6) is 0 Å². The smallest absolute Gasteiger partial charge is 0.161 e. The van der Waals surface area contributed by atoms with Crippen molar-refractivity contribution in [1.82, 2.24) is 9.97 Å². The van der Waals surface area contributed by atoms with Crippen LogP contribution in [-0.4, -0.2) is 9.97 Å². The van der Waals surface area contributed by atoms with Crippen molar-refractivity contribution in [2.75, 3.05) is 5.73 Å². The number of aromatic nitrogens is 2. The molecule has 0 spiro atoms. The second-order valence-corrected chi connectivity index (χ2v) is 3.82. The Morgan fingerprint density at radius 3 is 2.19 bits per heavy atom. The van der Waals surface area contributed by atoms with Crippen LogP contribution in [0, 0.1) is 45.3 Å². The Morgan fingerprint density at radius 1 is 0.905 bits per heavy atom. The van der Waals surface area contributed by atoms with Crippen molar-refractivity contribution in [3.05, 3.63) is 40.7 Å². The standard InChI is InChI=1S/C14H5N7/c15-4-8-2-1-3-20-13(8)14-10(6-17)12(19)9(5-16)11(7-18)21-14/h1-3H,(H2,19,21). The molecule has 2 N–H and O–H groups in total. The van der Waals surface area contributed by atoms with Gasteiger partial charge in [0.05, 0.1) is 11.3 Å². The Bertz CT molecular complexity index is 901. The minimum absolute atomic E-state index is 0.0164. The maximum absolute atomic E-state index is 9.23. The lowest BCUT2D eigenvalue weighted by molar-refractivity contribution is 1.19. The van der Waals surface area contributed by atoms with E-state index in [9.17, 15) is 5.26 Å². The molecular weight excluding hydrogens is 266 g/mol. The Morgan fingerprint density at radius 2 is 1.62 bits per heavy atom. The van der Waals surface area contributed by atoms with E-state index in [0.717, 1.165) is 0 Å². The number of nitrogens with zero attached hydrogens (tertiary/aromatic N) is 6. The molecule has 0 unspecified atom stereocenters. The average molecular weight is 271 g/mol. The number of anilines is 1. The first-order chi connectivity index (χ1) is 10.2. The second kappa shape index (κ2) is 5.36. The summed E-state index contributed by atoms with van der Waals surface area (Å²) in [5, 5.41) is 36.4. The molecule has 0 aliphatic carbocycles. The van der Waals surface area contributed by atoms with Gasteiger partial charge in [0.1, 0.15) is 46.8 Å². The number of nitrogen functional groups attached to an aromatic ring is 1. The van der Waals surface area contributed by atoms with Crippen molar-refractivity contribution < 1.29 is 0 Å². The van der Waals surface area contributed by atoms with Gasteiger partial charge < -0.3 is 5.73 Å². The molecule has 0 atom stereocenters. The number of rotatable bonds is 1. The molecule has 0 saturated heterocycles. The molecule has 2 aromatic heterocycles. The van der Waals surface area contributed by atoms with Gasteiger partial charge >= 0.3 is 0 Å². The van der Waals surface area contributed by atoms with E-state index >= 15 is 0 Å². The van der Waals surface area contributed by atoms with Crippen molar-refractivity contribution in [3.63, 3.8) is 0 Å². The molecule has 0 bridgehead atoms. The Kier molecular flexibility index (Phi) is 3.45. The predicted octanol–water partition coefficient (Wildman–Crippen LogP) is 1.21. The maximum atomic E-state index is 9.23. The van der Waals surface area contributed by atoms with Crippen LogP contribution < -0.4 is 5.73 Å². The maximum Gasteiger partial charge on any atom is 0.161 e. The van der Waals surface area contributed by atoms with Gasteiger partial charge in [0.25, 0.3) is 0 Å². The third-order valence-corrected chi connectivity index (χ3v) is 2.72. The SMILES string of the molecule is N#Cc1cccnc1-c1nc(C#N)c(C#N)c(N)c1C#N. The summed E-state index contributed by atoms with van der Waals surface area (Å²) in [6.45, 7) is 0. The summed E-state index contributed by atoms with van der Waals surface area (Å²) >= 11 is 0. The Labute approximate surface area is 119 Å². The van der Waals surface area contributed by atoms with Gasteiger partial charge in [0, 0.05) is 6.20 Å². The van der Waals surface area contributed by atoms with E-state index in [0.29, 0.717) is 0 Å². The van der Waals surface area contributed by atoms with E-state index in [1.807, 2.05) is 12.1 Å². The lowest BCUT2D eigenvalue weighted by Gasteiger charge is -2.09. The Balaban J connectivity index is 2.93.